The number of amides is 1. The van der Waals surface area contributed by atoms with E-state index in [9.17, 15) is 4.79 Å². The van der Waals surface area contributed by atoms with Crippen LogP contribution in [0.2, 0.25) is 5.02 Å². The van der Waals surface area contributed by atoms with Gasteiger partial charge in [-0.2, -0.15) is 0 Å². The third kappa shape index (κ3) is 4.92. The molecule has 1 aromatic heterocycles. The highest BCUT2D eigenvalue weighted by atomic mass is 35.5. The molecule has 2 heterocycles. The number of hydrogen-bond acceptors (Lipinski definition) is 5. The number of rotatable bonds is 7. The van der Waals surface area contributed by atoms with Gasteiger partial charge in [-0.05, 0) is 49.4 Å². The molecule has 0 aliphatic carbocycles. The molecule has 3 aromatic rings. The molecular weight excluding hydrogens is 404 g/mol. The third-order valence-electron chi connectivity index (χ3n) is 5.08. The van der Waals surface area contributed by atoms with E-state index in [2.05, 4.69) is 21.7 Å². The lowest BCUT2D eigenvalue weighted by molar-refractivity contribution is -0.118. The van der Waals surface area contributed by atoms with E-state index in [1.165, 1.54) is 0 Å². The lowest BCUT2D eigenvalue weighted by atomic mass is 10.2. The normalized spacial score (nSPS) is 14.7. The zero-order chi connectivity index (χ0) is 20.9. The minimum absolute atomic E-state index is 0.0780. The zero-order valence-electron chi connectivity index (χ0n) is 16.9. The number of halogens is 1. The standard InChI is InChI=1S/C22H25ClN4O3/c1-2-27-20-8-5-17(24-22(28)15-30-18-6-3-16(23)4-7-18)13-19(20)25-21(27)14-26-9-11-29-12-10-26/h3-8,13H,2,9-12,14-15H2,1H3,(H,24,28). The maximum absolute atomic E-state index is 12.3. The molecule has 2 aromatic carbocycles. The highest BCUT2D eigenvalue weighted by molar-refractivity contribution is 6.30. The molecule has 7 nitrogen and oxygen atoms in total. The summed E-state index contributed by atoms with van der Waals surface area (Å²) < 4.78 is 13.2. The number of anilines is 1. The van der Waals surface area contributed by atoms with Gasteiger partial charge in [-0.1, -0.05) is 11.6 Å². The predicted octanol–water partition coefficient (Wildman–Crippen LogP) is 3.56. The number of aromatic nitrogens is 2. The van der Waals surface area contributed by atoms with Crippen molar-refractivity contribution in [3.05, 3.63) is 53.3 Å². The first-order chi connectivity index (χ1) is 14.6. The van der Waals surface area contributed by atoms with E-state index in [0.29, 0.717) is 16.5 Å². The minimum atomic E-state index is -0.229. The summed E-state index contributed by atoms with van der Waals surface area (Å²) in [7, 11) is 0. The number of carbonyl (C=O) groups is 1. The van der Waals surface area contributed by atoms with Crippen molar-refractivity contribution in [2.45, 2.75) is 20.0 Å². The SMILES string of the molecule is CCn1c(CN2CCOCC2)nc2cc(NC(=O)COc3ccc(Cl)cc3)ccc21. The van der Waals surface area contributed by atoms with Gasteiger partial charge in [-0.3, -0.25) is 9.69 Å². The number of aryl methyl sites for hydroxylation is 1. The number of morpholine rings is 1. The highest BCUT2D eigenvalue weighted by Crippen LogP contribution is 2.22. The molecule has 0 atom stereocenters. The second-order valence-corrected chi connectivity index (χ2v) is 7.59. The summed E-state index contributed by atoms with van der Waals surface area (Å²) in [5.74, 6) is 1.40. The number of ether oxygens (including phenoxy) is 2. The van der Waals surface area contributed by atoms with Gasteiger partial charge in [0.2, 0.25) is 0 Å². The largest absolute Gasteiger partial charge is 0.484 e. The van der Waals surface area contributed by atoms with Crippen LogP contribution in [-0.4, -0.2) is 53.3 Å². The molecule has 4 rings (SSSR count). The van der Waals surface area contributed by atoms with Gasteiger partial charge in [0.25, 0.3) is 5.91 Å². The van der Waals surface area contributed by atoms with Crippen LogP contribution in [0.5, 0.6) is 5.75 Å². The summed E-state index contributed by atoms with van der Waals surface area (Å²) in [6.45, 7) is 7.04. The van der Waals surface area contributed by atoms with Crippen LogP contribution >= 0.6 is 11.6 Å². The Morgan fingerprint density at radius 2 is 1.97 bits per heavy atom. The second kappa shape index (κ2) is 9.47. The molecule has 30 heavy (non-hydrogen) atoms. The molecule has 0 saturated carbocycles. The van der Waals surface area contributed by atoms with Gasteiger partial charge in [0, 0.05) is 30.3 Å². The molecular formula is C22H25ClN4O3. The Kier molecular flexibility index (Phi) is 6.52. The fraction of sp³-hybridized carbons (Fsp3) is 0.364. The summed E-state index contributed by atoms with van der Waals surface area (Å²) in [6.07, 6.45) is 0. The Hall–Kier alpha value is -2.61. The van der Waals surface area contributed by atoms with Crippen LogP contribution in [0.25, 0.3) is 11.0 Å². The van der Waals surface area contributed by atoms with E-state index in [0.717, 1.165) is 56.3 Å². The van der Waals surface area contributed by atoms with Crippen molar-refractivity contribution in [3.8, 4) is 5.75 Å². The molecule has 0 spiro atoms. The highest BCUT2D eigenvalue weighted by Gasteiger charge is 2.16. The molecule has 1 aliphatic heterocycles. The molecule has 0 bridgehead atoms. The maximum atomic E-state index is 12.3. The summed E-state index contributed by atoms with van der Waals surface area (Å²) in [5, 5.41) is 3.50. The number of benzene rings is 2. The van der Waals surface area contributed by atoms with Crippen LogP contribution in [0.4, 0.5) is 5.69 Å². The van der Waals surface area contributed by atoms with Gasteiger partial charge < -0.3 is 19.4 Å². The number of carbonyl (C=O) groups excluding carboxylic acids is 1. The van der Waals surface area contributed by atoms with Crippen LogP contribution in [-0.2, 0) is 22.6 Å². The molecule has 1 amide bonds. The summed E-state index contributed by atoms with van der Waals surface area (Å²) in [5.41, 5.74) is 2.64. The Labute approximate surface area is 180 Å². The zero-order valence-corrected chi connectivity index (χ0v) is 17.7. The van der Waals surface area contributed by atoms with E-state index in [1.807, 2.05) is 18.2 Å². The Bertz CT molecular complexity index is 1010. The Morgan fingerprint density at radius 1 is 1.20 bits per heavy atom. The van der Waals surface area contributed by atoms with E-state index >= 15 is 0 Å². The van der Waals surface area contributed by atoms with E-state index < -0.39 is 0 Å². The monoisotopic (exact) mass is 428 g/mol. The molecule has 0 unspecified atom stereocenters. The minimum Gasteiger partial charge on any atom is -0.484 e. The van der Waals surface area contributed by atoms with Crippen LogP contribution in [0.15, 0.2) is 42.5 Å². The number of nitrogens with one attached hydrogen (secondary N) is 1. The first-order valence-electron chi connectivity index (χ1n) is 10.1. The van der Waals surface area contributed by atoms with Gasteiger partial charge in [0.15, 0.2) is 6.61 Å². The summed E-state index contributed by atoms with van der Waals surface area (Å²) >= 11 is 5.86. The van der Waals surface area contributed by atoms with E-state index in [1.54, 1.807) is 24.3 Å². The lowest BCUT2D eigenvalue weighted by Crippen LogP contribution is -2.36. The van der Waals surface area contributed by atoms with Gasteiger partial charge in [0.1, 0.15) is 11.6 Å². The predicted molar refractivity (Wildman–Crippen MR) is 117 cm³/mol. The van der Waals surface area contributed by atoms with Crippen molar-refractivity contribution in [1.82, 2.24) is 14.5 Å². The Morgan fingerprint density at radius 3 is 2.70 bits per heavy atom. The maximum Gasteiger partial charge on any atom is 0.262 e. The van der Waals surface area contributed by atoms with Crippen molar-refractivity contribution in [3.63, 3.8) is 0 Å². The first-order valence-corrected chi connectivity index (χ1v) is 10.5. The molecule has 8 heteroatoms. The molecule has 1 aliphatic rings. The second-order valence-electron chi connectivity index (χ2n) is 7.16. The van der Waals surface area contributed by atoms with Crippen molar-refractivity contribution < 1.29 is 14.3 Å². The number of imidazole rings is 1. The molecule has 0 radical (unpaired) electrons. The summed E-state index contributed by atoms with van der Waals surface area (Å²) in [4.78, 5) is 19.5. The van der Waals surface area contributed by atoms with Crippen molar-refractivity contribution in [2.24, 2.45) is 0 Å². The number of nitrogens with zero attached hydrogens (tertiary/aromatic N) is 3. The van der Waals surface area contributed by atoms with Crippen LogP contribution in [0, 0.1) is 0 Å². The van der Waals surface area contributed by atoms with Crippen molar-refractivity contribution >= 4 is 34.2 Å². The topological polar surface area (TPSA) is 68.6 Å². The van der Waals surface area contributed by atoms with E-state index in [-0.39, 0.29) is 12.5 Å². The quantitative estimate of drug-likeness (QED) is 0.623. The van der Waals surface area contributed by atoms with Gasteiger partial charge in [-0.25, -0.2) is 4.98 Å². The first kappa shape index (κ1) is 20.7. The van der Waals surface area contributed by atoms with Crippen LogP contribution < -0.4 is 10.1 Å². The van der Waals surface area contributed by atoms with Gasteiger partial charge in [0.05, 0.1) is 30.8 Å². The third-order valence-corrected chi connectivity index (χ3v) is 5.33. The smallest absolute Gasteiger partial charge is 0.262 e. The van der Waals surface area contributed by atoms with E-state index in [4.69, 9.17) is 26.1 Å². The lowest BCUT2D eigenvalue weighted by Gasteiger charge is -2.26. The fourth-order valence-corrected chi connectivity index (χ4v) is 3.69. The molecule has 1 saturated heterocycles. The fourth-order valence-electron chi connectivity index (χ4n) is 3.57. The molecule has 158 valence electrons. The molecule has 1 fully saturated rings. The van der Waals surface area contributed by atoms with Crippen molar-refractivity contribution in [2.75, 3.05) is 38.2 Å². The van der Waals surface area contributed by atoms with Gasteiger partial charge in [-0.15, -0.1) is 0 Å². The van der Waals surface area contributed by atoms with Crippen molar-refractivity contribution in [1.29, 1.82) is 0 Å². The number of fused-ring (bicyclic) bond motifs is 1. The van der Waals surface area contributed by atoms with Crippen LogP contribution in [0.1, 0.15) is 12.7 Å². The van der Waals surface area contributed by atoms with Crippen LogP contribution in [0.3, 0.4) is 0 Å². The Balaban J connectivity index is 1.43. The number of hydrogen-bond donors (Lipinski definition) is 1. The summed E-state index contributed by atoms with van der Waals surface area (Å²) in [6, 6.07) is 12.7. The molecule has 1 N–H and O–H groups in total. The average molecular weight is 429 g/mol. The van der Waals surface area contributed by atoms with Gasteiger partial charge >= 0.3 is 0 Å². The average Bonchev–Trinajstić information content (AvgIpc) is 3.10.